The predicted molar refractivity (Wildman–Crippen MR) is 53.0 cm³/mol. The van der Waals surface area contributed by atoms with Crippen molar-refractivity contribution in [3.05, 3.63) is 37.9 Å². The second-order valence-corrected chi connectivity index (χ2v) is 4.60. The predicted octanol–water partition coefficient (Wildman–Crippen LogP) is 2.18. The largest absolute Gasteiger partial charge is 0.423 e. The fourth-order valence-electron chi connectivity index (χ4n) is 1.27. The topological polar surface area (TPSA) is 120 Å². The van der Waals surface area contributed by atoms with Crippen LogP contribution < -0.4 is 0 Å². The maximum atomic E-state index is 12.8. The van der Waals surface area contributed by atoms with Gasteiger partial charge in [0.25, 0.3) is 11.4 Å². The summed E-state index contributed by atoms with van der Waals surface area (Å²) in [5, 5.41) is 20.9. The van der Waals surface area contributed by atoms with Gasteiger partial charge in [-0.25, -0.2) is 0 Å². The number of alkyl halides is 3. The van der Waals surface area contributed by atoms with E-state index in [4.69, 9.17) is 0 Å². The molecule has 1 aromatic rings. The van der Waals surface area contributed by atoms with Gasteiger partial charge in [-0.3, -0.25) is 20.2 Å². The lowest BCUT2D eigenvalue weighted by Gasteiger charge is -2.08. The molecule has 0 saturated carbocycles. The van der Waals surface area contributed by atoms with Gasteiger partial charge in [0.15, 0.2) is 4.90 Å². The average molecular weight is 318 g/mol. The molecule has 1 rings (SSSR count). The van der Waals surface area contributed by atoms with Gasteiger partial charge in [0.05, 0.1) is 9.85 Å². The van der Waals surface area contributed by atoms with Gasteiger partial charge in [0, 0.05) is 12.1 Å². The molecule has 0 spiro atoms. The van der Waals surface area contributed by atoms with Crippen LogP contribution in [-0.4, -0.2) is 18.3 Å². The van der Waals surface area contributed by atoms with E-state index < -0.39 is 54.1 Å². The molecule has 13 heteroatoms. The summed E-state index contributed by atoms with van der Waals surface area (Å²) >= 11 is 0. The zero-order chi connectivity index (χ0) is 15.9. The monoisotopic (exact) mass is 318 g/mol. The quantitative estimate of drug-likeness (QED) is 0.364. The highest BCUT2D eigenvalue weighted by Gasteiger charge is 2.43. The van der Waals surface area contributed by atoms with Crippen molar-refractivity contribution in [1.82, 2.24) is 0 Å². The summed E-state index contributed by atoms with van der Waals surface area (Å²) in [4.78, 5) is 15.9. The Hall–Kier alpha value is -2.31. The van der Waals surface area contributed by atoms with E-state index in [1.807, 2.05) is 0 Å². The van der Waals surface area contributed by atoms with Crippen molar-refractivity contribution in [2.45, 2.75) is 11.1 Å². The van der Waals surface area contributed by atoms with Crippen LogP contribution in [0.25, 0.3) is 0 Å². The Morgan fingerprint density at radius 2 is 1.45 bits per heavy atom. The Labute approximate surface area is 107 Å². The van der Waals surface area contributed by atoms with Crippen LogP contribution in [0.2, 0.25) is 0 Å². The number of hydrogen-bond acceptors (Lipinski definition) is 6. The van der Waals surface area contributed by atoms with Crippen molar-refractivity contribution in [3.63, 3.8) is 0 Å². The number of nitro groups is 2. The third-order valence-electron chi connectivity index (χ3n) is 2.04. The first kappa shape index (κ1) is 15.7. The van der Waals surface area contributed by atoms with Crippen LogP contribution in [0.3, 0.4) is 0 Å². The van der Waals surface area contributed by atoms with E-state index in [1.54, 1.807) is 0 Å². The zero-order valence-corrected chi connectivity index (χ0v) is 9.74. The van der Waals surface area contributed by atoms with Crippen molar-refractivity contribution < 1.29 is 35.3 Å². The minimum atomic E-state index is -5.81. The average Bonchev–Trinajstić information content (AvgIpc) is 2.24. The van der Waals surface area contributed by atoms with Gasteiger partial charge in [-0.1, -0.05) is 0 Å². The summed E-state index contributed by atoms with van der Waals surface area (Å²) in [6.45, 7) is 0. The summed E-state index contributed by atoms with van der Waals surface area (Å²) < 4.78 is 71.5. The second kappa shape index (κ2) is 4.66. The molecule has 110 valence electrons. The smallest absolute Gasteiger partial charge is 0.258 e. The standard InChI is InChI=1S/C7H2F4N2O6S/c8-7(9,10)3-1-5(13(16)17)6(20(11,18)19)2-4(3)12(14)15/h1-2H. The molecule has 0 aromatic heterocycles. The van der Waals surface area contributed by atoms with E-state index in [2.05, 4.69) is 0 Å². The van der Waals surface area contributed by atoms with Gasteiger partial charge in [-0.15, -0.1) is 3.89 Å². The molecule has 0 aliphatic heterocycles. The van der Waals surface area contributed by atoms with Crippen LogP contribution in [0.15, 0.2) is 17.0 Å². The summed E-state index contributed by atoms with van der Waals surface area (Å²) in [7, 11) is -5.81. The van der Waals surface area contributed by atoms with E-state index in [0.717, 1.165) is 0 Å². The van der Waals surface area contributed by atoms with Gasteiger partial charge in [-0.05, 0) is 0 Å². The van der Waals surface area contributed by atoms with E-state index in [0.29, 0.717) is 0 Å². The fraction of sp³-hybridized carbons (Fsp3) is 0.143. The lowest BCUT2D eigenvalue weighted by atomic mass is 10.1. The Morgan fingerprint density at radius 3 is 1.75 bits per heavy atom. The Kier molecular flexibility index (Phi) is 3.67. The molecule has 0 radical (unpaired) electrons. The third-order valence-corrected chi connectivity index (χ3v) is 2.89. The number of hydrogen-bond donors (Lipinski definition) is 0. The molecular weight excluding hydrogens is 316 g/mol. The molecule has 20 heavy (non-hydrogen) atoms. The van der Waals surface area contributed by atoms with E-state index in [9.17, 15) is 45.7 Å². The molecule has 0 aliphatic carbocycles. The van der Waals surface area contributed by atoms with Crippen molar-refractivity contribution >= 4 is 21.6 Å². The second-order valence-electron chi connectivity index (χ2n) is 3.29. The highest BCUT2D eigenvalue weighted by molar-refractivity contribution is 7.86. The van der Waals surface area contributed by atoms with Gasteiger partial charge < -0.3 is 0 Å². The Bertz CT molecular complexity index is 698. The van der Waals surface area contributed by atoms with Crippen LogP contribution in [0, 0.1) is 20.2 Å². The number of halogens is 4. The van der Waals surface area contributed by atoms with Crippen molar-refractivity contribution in [2.75, 3.05) is 0 Å². The molecule has 0 atom stereocenters. The maximum Gasteiger partial charge on any atom is 0.423 e. The lowest BCUT2D eigenvalue weighted by Crippen LogP contribution is -2.11. The number of nitrogens with zero attached hydrogens (tertiary/aromatic N) is 2. The van der Waals surface area contributed by atoms with Crippen molar-refractivity contribution in [1.29, 1.82) is 0 Å². The zero-order valence-electron chi connectivity index (χ0n) is 8.92. The number of nitro benzene ring substituents is 2. The van der Waals surface area contributed by atoms with E-state index in [1.165, 1.54) is 0 Å². The normalized spacial score (nSPS) is 12.2. The molecule has 0 heterocycles. The molecule has 0 N–H and O–H groups in total. The highest BCUT2D eigenvalue weighted by atomic mass is 32.3. The van der Waals surface area contributed by atoms with Crippen LogP contribution in [0.4, 0.5) is 28.4 Å². The van der Waals surface area contributed by atoms with Gasteiger partial charge >= 0.3 is 16.4 Å². The van der Waals surface area contributed by atoms with E-state index in [-0.39, 0.29) is 6.07 Å². The first-order chi connectivity index (χ1) is 8.85. The van der Waals surface area contributed by atoms with E-state index >= 15 is 0 Å². The first-order valence-electron chi connectivity index (χ1n) is 4.34. The van der Waals surface area contributed by atoms with Gasteiger partial charge in [-0.2, -0.15) is 21.6 Å². The van der Waals surface area contributed by atoms with Crippen molar-refractivity contribution in [3.8, 4) is 0 Å². The molecule has 1 aromatic carbocycles. The third kappa shape index (κ3) is 2.98. The summed E-state index contributed by atoms with van der Waals surface area (Å²) in [5.74, 6) is 0. The maximum absolute atomic E-state index is 12.8. The molecule has 8 nitrogen and oxygen atoms in total. The molecule has 0 unspecified atom stereocenters. The number of rotatable bonds is 3. The van der Waals surface area contributed by atoms with Crippen LogP contribution in [0.5, 0.6) is 0 Å². The van der Waals surface area contributed by atoms with Gasteiger partial charge in [0.2, 0.25) is 0 Å². The Balaban J connectivity index is 3.89. The molecule has 0 aliphatic rings. The SMILES string of the molecule is O=[N+]([O-])c1cc(S(=O)(=O)F)c([N+](=O)[O-])cc1C(F)(F)F. The minimum Gasteiger partial charge on any atom is -0.258 e. The summed E-state index contributed by atoms with van der Waals surface area (Å²) in [5.41, 5.74) is -5.61. The first-order valence-corrected chi connectivity index (χ1v) is 5.72. The Morgan fingerprint density at radius 1 is 1.00 bits per heavy atom. The van der Waals surface area contributed by atoms with Crippen LogP contribution in [0.1, 0.15) is 5.56 Å². The number of benzene rings is 1. The molecule has 0 saturated heterocycles. The fourth-order valence-corrected chi connectivity index (χ4v) is 1.91. The molecular formula is C7H2F4N2O6S. The van der Waals surface area contributed by atoms with Crippen molar-refractivity contribution in [2.24, 2.45) is 0 Å². The van der Waals surface area contributed by atoms with Crippen LogP contribution >= 0.6 is 0 Å². The summed E-state index contributed by atoms with van der Waals surface area (Å²) in [6, 6.07) is -0.735. The van der Waals surface area contributed by atoms with Gasteiger partial charge in [0.1, 0.15) is 5.56 Å². The molecule has 0 amide bonds. The lowest BCUT2D eigenvalue weighted by molar-refractivity contribution is -0.393. The molecule has 0 bridgehead atoms. The molecule has 0 fully saturated rings. The van der Waals surface area contributed by atoms with Crippen LogP contribution in [-0.2, 0) is 16.4 Å². The minimum absolute atomic E-state index is 0.337. The highest BCUT2D eigenvalue weighted by Crippen LogP contribution is 2.41. The summed E-state index contributed by atoms with van der Waals surface area (Å²) in [6.07, 6.45) is -5.36.